The Kier molecular flexibility index (Phi) is 4.37. The number of piperidine rings is 1. The molecule has 2 aliphatic rings. The highest BCUT2D eigenvalue weighted by Crippen LogP contribution is 2.51. The van der Waals surface area contributed by atoms with Crippen LogP contribution in [0, 0.1) is 12.3 Å². The molecule has 7 nitrogen and oxygen atoms in total. The normalized spacial score (nSPS) is 24.8. The predicted octanol–water partition coefficient (Wildman–Crippen LogP) is 1.69. The molecule has 4 rings (SSSR count). The Labute approximate surface area is 155 Å². The largest absolute Gasteiger partial charge is 0.392 e. The van der Waals surface area contributed by atoms with Crippen molar-refractivity contribution >= 4 is 27.5 Å². The summed E-state index contributed by atoms with van der Waals surface area (Å²) in [4.78, 5) is 34.8. The van der Waals surface area contributed by atoms with Crippen LogP contribution in [0.4, 0.5) is 0 Å². The van der Waals surface area contributed by atoms with Crippen LogP contribution >= 0.6 is 11.3 Å². The van der Waals surface area contributed by atoms with E-state index in [1.54, 1.807) is 6.92 Å². The lowest BCUT2D eigenvalue weighted by Gasteiger charge is -2.56. The van der Waals surface area contributed by atoms with Gasteiger partial charge in [-0.3, -0.25) is 9.59 Å². The Morgan fingerprint density at radius 2 is 2.23 bits per heavy atom. The van der Waals surface area contributed by atoms with Gasteiger partial charge in [0.15, 0.2) is 0 Å². The van der Waals surface area contributed by atoms with E-state index in [-0.39, 0.29) is 29.1 Å². The maximum atomic E-state index is 13.0. The SMILES string of the molecule is CCO[C@@H]1C[C@H](O)C12CCN(C(=O)c1sc3nc[nH]c(=O)c3c1C)CC2. The van der Waals surface area contributed by atoms with Crippen LogP contribution in [0.3, 0.4) is 0 Å². The molecule has 2 fully saturated rings. The van der Waals surface area contributed by atoms with Crippen LogP contribution in [0.25, 0.3) is 10.2 Å². The summed E-state index contributed by atoms with van der Waals surface area (Å²) in [6, 6.07) is 0. The van der Waals surface area contributed by atoms with Crippen LogP contribution < -0.4 is 5.56 Å². The van der Waals surface area contributed by atoms with Gasteiger partial charge in [0.25, 0.3) is 11.5 Å². The van der Waals surface area contributed by atoms with Gasteiger partial charge in [-0.25, -0.2) is 4.98 Å². The van der Waals surface area contributed by atoms with Crippen molar-refractivity contribution < 1.29 is 14.6 Å². The third-order valence-corrected chi connectivity index (χ3v) is 7.21. The second-order valence-electron chi connectivity index (χ2n) is 7.19. The maximum Gasteiger partial charge on any atom is 0.264 e. The number of nitrogens with one attached hydrogen (secondary N) is 1. The van der Waals surface area contributed by atoms with E-state index < -0.39 is 0 Å². The highest BCUT2D eigenvalue weighted by Gasteiger charge is 2.56. The average Bonchev–Trinajstić information content (AvgIpc) is 2.99. The smallest absolute Gasteiger partial charge is 0.264 e. The van der Waals surface area contributed by atoms with Crippen molar-refractivity contribution in [2.75, 3.05) is 19.7 Å². The molecule has 0 bridgehead atoms. The number of amides is 1. The molecule has 1 aliphatic carbocycles. The summed E-state index contributed by atoms with van der Waals surface area (Å²) in [7, 11) is 0. The Hall–Kier alpha value is -1.77. The van der Waals surface area contributed by atoms with Gasteiger partial charge in [0.05, 0.1) is 28.8 Å². The number of ether oxygens (including phenoxy) is 1. The standard InChI is InChI=1S/C18H23N3O4S/c1-3-25-12-8-11(22)18(12)4-6-21(7-5-18)17(24)14-10(2)13-15(23)19-9-20-16(13)26-14/h9,11-12,22H,3-8H2,1-2H3,(H,19,20,23)/t11-,12+/m0/s1. The number of likely N-dealkylation sites (tertiary alicyclic amines) is 1. The van der Waals surface area contributed by atoms with Gasteiger partial charge in [0, 0.05) is 31.5 Å². The number of carbonyl (C=O) groups excluding carboxylic acids is 1. The fraction of sp³-hybridized carbons (Fsp3) is 0.611. The van der Waals surface area contributed by atoms with Gasteiger partial charge >= 0.3 is 0 Å². The van der Waals surface area contributed by atoms with Crippen molar-refractivity contribution in [1.29, 1.82) is 0 Å². The minimum absolute atomic E-state index is 0.0541. The molecule has 2 aromatic heterocycles. The number of fused-ring (bicyclic) bond motifs is 1. The molecule has 1 spiro atoms. The lowest BCUT2D eigenvalue weighted by atomic mass is 9.58. The number of nitrogens with zero attached hydrogens (tertiary/aromatic N) is 2. The van der Waals surface area contributed by atoms with Crippen LogP contribution in [0.15, 0.2) is 11.1 Å². The number of aliphatic hydroxyl groups excluding tert-OH is 1. The number of carbonyl (C=O) groups is 1. The lowest BCUT2D eigenvalue weighted by molar-refractivity contribution is -0.207. The van der Waals surface area contributed by atoms with Crippen LogP contribution in [-0.4, -0.2) is 57.8 Å². The molecule has 2 N–H and O–H groups in total. The van der Waals surface area contributed by atoms with Crippen molar-refractivity contribution in [2.45, 2.75) is 45.3 Å². The highest BCUT2D eigenvalue weighted by molar-refractivity contribution is 7.20. The minimum atomic E-state index is -0.342. The number of aromatic amines is 1. The third kappa shape index (κ3) is 2.51. The van der Waals surface area contributed by atoms with Gasteiger partial charge in [-0.15, -0.1) is 11.3 Å². The van der Waals surface area contributed by atoms with Gasteiger partial charge < -0.3 is 19.7 Å². The van der Waals surface area contributed by atoms with Crippen molar-refractivity contribution in [1.82, 2.24) is 14.9 Å². The monoisotopic (exact) mass is 377 g/mol. The minimum Gasteiger partial charge on any atom is -0.392 e. The first-order valence-corrected chi connectivity index (χ1v) is 9.85. The second-order valence-corrected chi connectivity index (χ2v) is 8.19. The van der Waals surface area contributed by atoms with E-state index in [9.17, 15) is 14.7 Å². The van der Waals surface area contributed by atoms with Gasteiger partial charge in [-0.05, 0) is 32.3 Å². The molecule has 8 heteroatoms. The molecule has 0 radical (unpaired) electrons. The van der Waals surface area contributed by atoms with Crippen molar-refractivity contribution in [3.05, 3.63) is 27.1 Å². The summed E-state index contributed by atoms with van der Waals surface area (Å²) in [6.45, 7) is 5.60. The number of rotatable bonds is 3. The first kappa shape index (κ1) is 17.6. The third-order valence-electron chi connectivity index (χ3n) is 6.02. The topological polar surface area (TPSA) is 95.5 Å². The zero-order valence-corrected chi connectivity index (χ0v) is 15.8. The molecule has 26 heavy (non-hydrogen) atoms. The highest BCUT2D eigenvalue weighted by atomic mass is 32.1. The molecule has 1 saturated carbocycles. The van der Waals surface area contributed by atoms with Gasteiger partial charge in [-0.1, -0.05) is 0 Å². The van der Waals surface area contributed by atoms with E-state index in [0.717, 1.165) is 12.8 Å². The Morgan fingerprint density at radius 3 is 2.85 bits per heavy atom. The second kappa shape index (κ2) is 6.44. The first-order valence-electron chi connectivity index (χ1n) is 9.03. The van der Waals surface area contributed by atoms with E-state index in [4.69, 9.17) is 4.74 Å². The molecule has 1 saturated heterocycles. The molecule has 2 atom stereocenters. The molecule has 2 aromatic rings. The van der Waals surface area contributed by atoms with Crippen LogP contribution in [0.2, 0.25) is 0 Å². The average molecular weight is 377 g/mol. The maximum absolute atomic E-state index is 13.0. The molecule has 0 unspecified atom stereocenters. The Balaban J connectivity index is 1.54. The zero-order valence-electron chi connectivity index (χ0n) is 14.9. The number of hydrogen-bond acceptors (Lipinski definition) is 6. The van der Waals surface area contributed by atoms with Crippen molar-refractivity contribution in [3.8, 4) is 0 Å². The summed E-state index contributed by atoms with van der Waals surface area (Å²) in [5.41, 5.74) is 0.277. The number of aryl methyl sites for hydroxylation is 1. The lowest BCUT2D eigenvalue weighted by Crippen LogP contribution is -2.62. The van der Waals surface area contributed by atoms with Gasteiger partial charge in [0.1, 0.15) is 4.83 Å². The Morgan fingerprint density at radius 1 is 1.50 bits per heavy atom. The van der Waals surface area contributed by atoms with E-state index in [0.29, 0.717) is 46.8 Å². The molecule has 3 heterocycles. The van der Waals surface area contributed by atoms with Crippen LogP contribution in [0.5, 0.6) is 0 Å². The van der Waals surface area contributed by atoms with Crippen LogP contribution in [-0.2, 0) is 4.74 Å². The van der Waals surface area contributed by atoms with Crippen molar-refractivity contribution in [3.63, 3.8) is 0 Å². The first-order chi connectivity index (χ1) is 12.5. The van der Waals surface area contributed by atoms with Gasteiger partial charge in [-0.2, -0.15) is 0 Å². The molecule has 1 aliphatic heterocycles. The summed E-state index contributed by atoms with van der Waals surface area (Å²) in [6.07, 6.45) is 3.29. The zero-order chi connectivity index (χ0) is 18.5. The fourth-order valence-electron chi connectivity index (χ4n) is 4.37. The number of thiophene rings is 1. The molecular formula is C18H23N3O4S. The number of aromatic nitrogens is 2. The van der Waals surface area contributed by atoms with Crippen molar-refractivity contribution in [2.24, 2.45) is 5.41 Å². The summed E-state index contributed by atoms with van der Waals surface area (Å²) in [5.74, 6) is -0.0541. The summed E-state index contributed by atoms with van der Waals surface area (Å²) < 4.78 is 5.79. The molecular weight excluding hydrogens is 354 g/mol. The molecule has 140 valence electrons. The van der Waals surface area contributed by atoms with E-state index in [1.165, 1.54) is 17.7 Å². The summed E-state index contributed by atoms with van der Waals surface area (Å²) in [5, 5.41) is 10.8. The number of aliphatic hydroxyl groups is 1. The van der Waals surface area contributed by atoms with Gasteiger partial charge in [0.2, 0.25) is 0 Å². The molecule has 0 aromatic carbocycles. The molecule has 1 amide bonds. The number of hydrogen-bond donors (Lipinski definition) is 2. The summed E-state index contributed by atoms with van der Waals surface area (Å²) >= 11 is 1.27. The van der Waals surface area contributed by atoms with E-state index in [1.807, 2.05) is 11.8 Å². The van der Waals surface area contributed by atoms with E-state index in [2.05, 4.69) is 9.97 Å². The fourth-order valence-corrected chi connectivity index (χ4v) is 5.49. The van der Waals surface area contributed by atoms with Crippen LogP contribution in [0.1, 0.15) is 41.4 Å². The number of H-pyrrole nitrogens is 1. The van der Waals surface area contributed by atoms with E-state index >= 15 is 0 Å². The Bertz CT molecular complexity index is 895. The quantitative estimate of drug-likeness (QED) is 0.849. The predicted molar refractivity (Wildman–Crippen MR) is 98.6 cm³/mol.